The van der Waals surface area contributed by atoms with Crippen molar-refractivity contribution in [3.8, 4) is 11.6 Å². The number of nitrogens with one attached hydrogen (secondary N) is 1. The molecule has 0 fully saturated rings. The van der Waals surface area contributed by atoms with E-state index in [4.69, 9.17) is 0 Å². The average Bonchev–Trinajstić information content (AvgIpc) is 2.37. The molecule has 5 nitrogen and oxygen atoms in total. The fraction of sp³-hybridized carbons (Fsp3) is 0.333. The smallest absolute Gasteiger partial charge is 0.199 e. The SMILES string of the molecule is CCCNc1ccnc(-c2ncc(C)cn2)n1. The zero-order chi connectivity index (χ0) is 12.1. The van der Waals surface area contributed by atoms with E-state index in [1.807, 2.05) is 13.0 Å². The van der Waals surface area contributed by atoms with Gasteiger partial charge in [-0.05, 0) is 25.0 Å². The van der Waals surface area contributed by atoms with Crippen molar-refractivity contribution in [3.63, 3.8) is 0 Å². The van der Waals surface area contributed by atoms with E-state index >= 15 is 0 Å². The number of rotatable bonds is 4. The standard InChI is InChI=1S/C12H15N5/c1-3-5-13-10-4-6-14-12(17-10)11-15-7-9(2)8-16-11/h4,6-8H,3,5H2,1-2H3,(H,13,14,17). The average molecular weight is 229 g/mol. The van der Waals surface area contributed by atoms with Gasteiger partial charge >= 0.3 is 0 Å². The van der Waals surface area contributed by atoms with Gasteiger partial charge in [-0.25, -0.2) is 19.9 Å². The molecule has 0 aliphatic carbocycles. The van der Waals surface area contributed by atoms with E-state index in [0.29, 0.717) is 11.6 Å². The molecule has 0 aliphatic heterocycles. The molecular formula is C12H15N5. The second-order valence-electron chi connectivity index (χ2n) is 3.78. The fourth-order valence-corrected chi connectivity index (χ4v) is 1.33. The Balaban J connectivity index is 2.23. The van der Waals surface area contributed by atoms with Gasteiger partial charge in [-0.2, -0.15) is 0 Å². The first kappa shape index (κ1) is 11.4. The van der Waals surface area contributed by atoms with Crippen molar-refractivity contribution < 1.29 is 0 Å². The van der Waals surface area contributed by atoms with Crippen molar-refractivity contribution in [3.05, 3.63) is 30.2 Å². The van der Waals surface area contributed by atoms with E-state index in [0.717, 1.165) is 24.3 Å². The van der Waals surface area contributed by atoms with Crippen molar-refractivity contribution in [2.45, 2.75) is 20.3 Å². The Morgan fingerprint density at radius 2 is 1.88 bits per heavy atom. The van der Waals surface area contributed by atoms with Crippen molar-refractivity contribution >= 4 is 5.82 Å². The Morgan fingerprint density at radius 3 is 2.59 bits per heavy atom. The van der Waals surface area contributed by atoms with E-state index in [2.05, 4.69) is 32.2 Å². The maximum Gasteiger partial charge on any atom is 0.199 e. The molecule has 0 unspecified atom stereocenters. The van der Waals surface area contributed by atoms with Gasteiger partial charge in [0.05, 0.1) is 0 Å². The lowest BCUT2D eigenvalue weighted by Gasteiger charge is -2.04. The molecule has 0 saturated carbocycles. The molecule has 2 aromatic rings. The number of aromatic nitrogens is 4. The van der Waals surface area contributed by atoms with Crippen LogP contribution in [0.5, 0.6) is 0 Å². The van der Waals surface area contributed by atoms with Crippen LogP contribution >= 0.6 is 0 Å². The highest BCUT2D eigenvalue weighted by molar-refractivity contribution is 5.47. The van der Waals surface area contributed by atoms with Gasteiger partial charge in [0.1, 0.15) is 5.82 Å². The molecule has 0 spiro atoms. The Morgan fingerprint density at radius 1 is 1.12 bits per heavy atom. The summed E-state index contributed by atoms with van der Waals surface area (Å²) in [6, 6.07) is 1.84. The Hall–Kier alpha value is -2.04. The highest BCUT2D eigenvalue weighted by Gasteiger charge is 2.04. The third-order valence-corrected chi connectivity index (χ3v) is 2.19. The molecule has 0 saturated heterocycles. The summed E-state index contributed by atoms with van der Waals surface area (Å²) in [5, 5.41) is 3.21. The second-order valence-corrected chi connectivity index (χ2v) is 3.78. The van der Waals surface area contributed by atoms with Crippen LogP contribution in [0, 0.1) is 6.92 Å². The second kappa shape index (κ2) is 5.34. The summed E-state index contributed by atoms with van der Waals surface area (Å²) < 4.78 is 0. The Bertz CT molecular complexity index is 481. The van der Waals surface area contributed by atoms with Gasteiger partial charge in [0.2, 0.25) is 0 Å². The predicted octanol–water partition coefficient (Wildman–Crippen LogP) is 2.06. The van der Waals surface area contributed by atoms with E-state index in [9.17, 15) is 0 Å². The molecule has 0 radical (unpaired) electrons. The maximum atomic E-state index is 4.36. The molecule has 1 N–H and O–H groups in total. The maximum absolute atomic E-state index is 4.36. The van der Waals surface area contributed by atoms with Crippen LogP contribution in [0.25, 0.3) is 11.6 Å². The largest absolute Gasteiger partial charge is 0.370 e. The van der Waals surface area contributed by atoms with Gasteiger partial charge in [-0.1, -0.05) is 6.92 Å². The fourth-order valence-electron chi connectivity index (χ4n) is 1.33. The monoisotopic (exact) mass is 229 g/mol. The first-order valence-electron chi connectivity index (χ1n) is 5.65. The molecule has 5 heteroatoms. The van der Waals surface area contributed by atoms with Crippen molar-refractivity contribution in [1.82, 2.24) is 19.9 Å². The zero-order valence-corrected chi connectivity index (χ0v) is 10.0. The molecule has 0 aromatic carbocycles. The van der Waals surface area contributed by atoms with Crippen LogP contribution in [-0.4, -0.2) is 26.5 Å². The lowest BCUT2D eigenvalue weighted by molar-refractivity contribution is 0.962. The normalized spacial score (nSPS) is 10.2. The molecule has 2 aromatic heterocycles. The molecule has 0 atom stereocenters. The molecule has 2 rings (SSSR count). The Labute approximate surface area is 100 Å². The van der Waals surface area contributed by atoms with Gasteiger partial charge < -0.3 is 5.32 Å². The lowest BCUT2D eigenvalue weighted by atomic mass is 10.4. The molecular weight excluding hydrogens is 214 g/mol. The summed E-state index contributed by atoms with van der Waals surface area (Å²) in [6.07, 6.45) is 6.29. The van der Waals surface area contributed by atoms with Crippen LogP contribution in [0.15, 0.2) is 24.7 Å². The number of hydrogen-bond acceptors (Lipinski definition) is 5. The number of nitrogens with zero attached hydrogens (tertiary/aromatic N) is 4. The van der Waals surface area contributed by atoms with E-state index < -0.39 is 0 Å². The number of anilines is 1. The van der Waals surface area contributed by atoms with Crippen LogP contribution in [0.1, 0.15) is 18.9 Å². The molecule has 17 heavy (non-hydrogen) atoms. The van der Waals surface area contributed by atoms with Crippen LogP contribution in [-0.2, 0) is 0 Å². The summed E-state index contributed by atoms with van der Waals surface area (Å²) >= 11 is 0. The van der Waals surface area contributed by atoms with Gasteiger partial charge in [-0.3, -0.25) is 0 Å². The van der Waals surface area contributed by atoms with Gasteiger partial charge in [0.25, 0.3) is 0 Å². The zero-order valence-electron chi connectivity index (χ0n) is 10.0. The Kier molecular flexibility index (Phi) is 3.59. The van der Waals surface area contributed by atoms with Crippen molar-refractivity contribution in [1.29, 1.82) is 0 Å². The summed E-state index contributed by atoms with van der Waals surface area (Å²) in [5.41, 5.74) is 1.02. The highest BCUT2D eigenvalue weighted by atomic mass is 15.1. The van der Waals surface area contributed by atoms with Crippen molar-refractivity contribution in [2.75, 3.05) is 11.9 Å². The topological polar surface area (TPSA) is 63.6 Å². The minimum absolute atomic E-state index is 0.547. The first-order chi connectivity index (χ1) is 8.29. The van der Waals surface area contributed by atoms with Crippen LogP contribution in [0.3, 0.4) is 0 Å². The minimum Gasteiger partial charge on any atom is -0.370 e. The summed E-state index contributed by atoms with van der Waals surface area (Å²) in [5.74, 6) is 1.91. The summed E-state index contributed by atoms with van der Waals surface area (Å²) in [6.45, 7) is 4.95. The summed E-state index contributed by atoms with van der Waals surface area (Å²) in [7, 11) is 0. The highest BCUT2D eigenvalue weighted by Crippen LogP contribution is 2.11. The van der Waals surface area contributed by atoms with E-state index in [1.165, 1.54) is 0 Å². The van der Waals surface area contributed by atoms with Crippen LogP contribution in [0.4, 0.5) is 5.82 Å². The predicted molar refractivity (Wildman–Crippen MR) is 66.6 cm³/mol. The number of hydrogen-bond donors (Lipinski definition) is 1. The quantitative estimate of drug-likeness (QED) is 0.869. The molecule has 0 amide bonds. The third-order valence-electron chi connectivity index (χ3n) is 2.19. The molecule has 0 aliphatic rings. The van der Waals surface area contributed by atoms with E-state index in [1.54, 1.807) is 18.6 Å². The van der Waals surface area contributed by atoms with Crippen LogP contribution in [0.2, 0.25) is 0 Å². The van der Waals surface area contributed by atoms with Crippen LogP contribution < -0.4 is 5.32 Å². The van der Waals surface area contributed by atoms with E-state index in [-0.39, 0.29) is 0 Å². The van der Waals surface area contributed by atoms with Crippen molar-refractivity contribution in [2.24, 2.45) is 0 Å². The lowest BCUT2D eigenvalue weighted by Crippen LogP contribution is -2.04. The van der Waals surface area contributed by atoms with Gasteiger partial charge in [-0.15, -0.1) is 0 Å². The first-order valence-corrected chi connectivity index (χ1v) is 5.65. The molecule has 2 heterocycles. The third kappa shape index (κ3) is 2.96. The molecule has 0 bridgehead atoms. The van der Waals surface area contributed by atoms with Gasteiger partial charge in [0, 0.05) is 25.1 Å². The number of aryl methyl sites for hydroxylation is 1. The summed E-state index contributed by atoms with van der Waals surface area (Å²) in [4.78, 5) is 16.9. The van der Waals surface area contributed by atoms with Gasteiger partial charge in [0.15, 0.2) is 11.6 Å². The minimum atomic E-state index is 0.547. The molecule has 88 valence electrons.